The molecular weight excluding hydrogens is 224 g/mol. The lowest BCUT2D eigenvalue weighted by Crippen LogP contribution is -2.45. The van der Waals surface area contributed by atoms with Crippen LogP contribution in [0.4, 0.5) is 0 Å². The molecule has 2 rings (SSSR count). The van der Waals surface area contributed by atoms with Gasteiger partial charge in [-0.3, -0.25) is 4.84 Å². The summed E-state index contributed by atoms with van der Waals surface area (Å²) in [5.74, 6) is 0. The van der Waals surface area contributed by atoms with Crippen LogP contribution in [0.15, 0.2) is 30.3 Å². The van der Waals surface area contributed by atoms with E-state index in [0.29, 0.717) is 12.6 Å². The van der Waals surface area contributed by atoms with Crippen molar-refractivity contribution in [2.45, 2.75) is 38.8 Å². The van der Waals surface area contributed by atoms with Gasteiger partial charge in [-0.15, -0.1) is 0 Å². The van der Waals surface area contributed by atoms with Gasteiger partial charge in [0, 0.05) is 12.6 Å². The van der Waals surface area contributed by atoms with Gasteiger partial charge in [0.2, 0.25) is 0 Å². The normalized spacial score (nSPS) is 21.1. The molecule has 1 aromatic rings. The molecule has 1 aromatic carbocycles. The van der Waals surface area contributed by atoms with Crippen molar-refractivity contribution < 1.29 is 4.84 Å². The molecule has 0 radical (unpaired) electrons. The first kappa shape index (κ1) is 13.5. The van der Waals surface area contributed by atoms with Crippen molar-refractivity contribution in [3.63, 3.8) is 0 Å². The fraction of sp³-hybridized carbons (Fsp3) is 0.600. The number of hydrogen-bond acceptors (Lipinski definition) is 3. The second-order valence-corrected chi connectivity index (χ2v) is 5.03. The van der Waals surface area contributed by atoms with Crippen LogP contribution in [-0.4, -0.2) is 30.6 Å². The lowest BCUT2D eigenvalue weighted by molar-refractivity contribution is -0.0148. The van der Waals surface area contributed by atoms with Crippen molar-refractivity contribution in [3.8, 4) is 0 Å². The van der Waals surface area contributed by atoms with E-state index in [1.807, 2.05) is 18.2 Å². The predicted octanol–water partition coefficient (Wildman–Crippen LogP) is 2.58. The molecular formula is C15H24N2O. The molecule has 0 spiro atoms. The average Bonchev–Trinajstić information content (AvgIpc) is 2.41. The minimum absolute atomic E-state index is 0.481. The van der Waals surface area contributed by atoms with Gasteiger partial charge in [-0.05, 0) is 37.9 Å². The summed E-state index contributed by atoms with van der Waals surface area (Å²) in [7, 11) is 0. The molecule has 0 saturated carbocycles. The highest BCUT2D eigenvalue weighted by Crippen LogP contribution is 2.10. The third kappa shape index (κ3) is 4.41. The number of nitrogens with one attached hydrogen (secondary N) is 1. The number of hydrogen-bond donors (Lipinski definition) is 1. The lowest BCUT2D eigenvalue weighted by Gasteiger charge is -2.32. The fourth-order valence-electron chi connectivity index (χ4n) is 2.49. The molecule has 1 unspecified atom stereocenters. The van der Waals surface area contributed by atoms with E-state index in [1.165, 1.54) is 37.9 Å². The van der Waals surface area contributed by atoms with Crippen molar-refractivity contribution >= 4 is 0 Å². The van der Waals surface area contributed by atoms with Crippen LogP contribution >= 0.6 is 0 Å². The van der Waals surface area contributed by atoms with Gasteiger partial charge in [0.15, 0.2) is 0 Å². The number of rotatable bonds is 6. The van der Waals surface area contributed by atoms with E-state index < -0.39 is 0 Å². The minimum Gasteiger partial charge on any atom is -0.302 e. The molecule has 0 aromatic heterocycles. The molecule has 1 atom stereocenters. The molecule has 3 heteroatoms. The molecule has 3 nitrogen and oxygen atoms in total. The van der Waals surface area contributed by atoms with Gasteiger partial charge in [0.25, 0.3) is 0 Å². The van der Waals surface area contributed by atoms with Crippen LogP contribution in [0.3, 0.4) is 0 Å². The van der Waals surface area contributed by atoms with Crippen LogP contribution in [0.1, 0.15) is 31.7 Å². The first-order chi connectivity index (χ1) is 8.88. The Hall–Kier alpha value is -0.900. The Morgan fingerprint density at radius 3 is 2.94 bits per heavy atom. The molecule has 1 aliphatic rings. The minimum atomic E-state index is 0.481. The maximum Gasteiger partial charge on any atom is 0.0933 e. The van der Waals surface area contributed by atoms with Crippen LogP contribution in [0.2, 0.25) is 0 Å². The van der Waals surface area contributed by atoms with Crippen molar-refractivity contribution in [2.75, 3.05) is 19.6 Å². The van der Waals surface area contributed by atoms with E-state index in [2.05, 4.69) is 29.4 Å². The quantitative estimate of drug-likeness (QED) is 0.783. The Kier molecular flexibility index (Phi) is 5.65. The van der Waals surface area contributed by atoms with Gasteiger partial charge in [-0.25, -0.2) is 0 Å². The highest BCUT2D eigenvalue weighted by atomic mass is 16.6. The molecule has 1 aliphatic heterocycles. The van der Waals surface area contributed by atoms with E-state index >= 15 is 0 Å². The Morgan fingerprint density at radius 2 is 2.17 bits per heavy atom. The summed E-state index contributed by atoms with van der Waals surface area (Å²) in [4.78, 5) is 8.13. The molecule has 0 aliphatic carbocycles. The molecule has 1 fully saturated rings. The van der Waals surface area contributed by atoms with Crippen LogP contribution in [0.25, 0.3) is 0 Å². The van der Waals surface area contributed by atoms with Crippen LogP contribution in [0, 0.1) is 0 Å². The Balaban J connectivity index is 1.67. The predicted molar refractivity (Wildman–Crippen MR) is 74.1 cm³/mol. The van der Waals surface area contributed by atoms with Gasteiger partial charge < -0.3 is 4.90 Å². The van der Waals surface area contributed by atoms with Crippen molar-refractivity contribution in [1.82, 2.24) is 10.4 Å². The van der Waals surface area contributed by atoms with Crippen LogP contribution in [0.5, 0.6) is 0 Å². The van der Waals surface area contributed by atoms with E-state index in [1.54, 1.807) is 0 Å². The molecule has 0 bridgehead atoms. The Bertz CT molecular complexity index is 327. The molecule has 0 amide bonds. The van der Waals surface area contributed by atoms with Crippen LogP contribution in [-0.2, 0) is 11.4 Å². The summed E-state index contributed by atoms with van der Waals surface area (Å²) >= 11 is 0. The third-order valence-electron chi connectivity index (χ3n) is 3.38. The second-order valence-electron chi connectivity index (χ2n) is 5.03. The average molecular weight is 248 g/mol. The van der Waals surface area contributed by atoms with E-state index in [0.717, 1.165) is 6.54 Å². The van der Waals surface area contributed by atoms with Gasteiger partial charge in [0.1, 0.15) is 0 Å². The smallest absolute Gasteiger partial charge is 0.0933 e. The van der Waals surface area contributed by atoms with Crippen molar-refractivity contribution in [2.24, 2.45) is 0 Å². The molecule has 100 valence electrons. The third-order valence-corrected chi connectivity index (χ3v) is 3.38. The van der Waals surface area contributed by atoms with Gasteiger partial charge >= 0.3 is 0 Å². The maximum atomic E-state index is 5.61. The molecule has 1 N–H and O–H groups in total. The zero-order valence-electron chi connectivity index (χ0n) is 11.3. The summed E-state index contributed by atoms with van der Waals surface area (Å²) in [6.07, 6.45) is 3.72. The van der Waals surface area contributed by atoms with Gasteiger partial charge in [0.05, 0.1) is 6.61 Å². The summed E-state index contributed by atoms with van der Waals surface area (Å²) in [5.41, 5.74) is 4.43. The summed E-state index contributed by atoms with van der Waals surface area (Å²) in [6, 6.07) is 10.8. The molecule has 18 heavy (non-hydrogen) atoms. The first-order valence-corrected chi connectivity index (χ1v) is 7.02. The second kappa shape index (κ2) is 7.52. The topological polar surface area (TPSA) is 24.5 Å². The fourth-order valence-corrected chi connectivity index (χ4v) is 2.49. The zero-order valence-corrected chi connectivity index (χ0v) is 11.3. The first-order valence-electron chi connectivity index (χ1n) is 7.02. The van der Waals surface area contributed by atoms with E-state index in [4.69, 9.17) is 4.84 Å². The largest absolute Gasteiger partial charge is 0.302 e. The SMILES string of the molecule is CCCN1CCCC(NOCc2ccccc2)C1. The van der Waals surface area contributed by atoms with E-state index in [9.17, 15) is 0 Å². The summed E-state index contributed by atoms with van der Waals surface area (Å²) in [6.45, 7) is 6.44. The monoisotopic (exact) mass is 248 g/mol. The van der Waals surface area contributed by atoms with Gasteiger partial charge in [-0.1, -0.05) is 37.3 Å². The summed E-state index contributed by atoms with van der Waals surface area (Å²) < 4.78 is 0. The Morgan fingerprint density at radius 1 is 1.33 bits per heavy atom. The number of piperidine rings is 1. The highest BCUT2D eigenvalue weighted by molar-refractivity contribution is 5.13. The van der Waals surface area contributed by atoms with Crippen molar-refractivity contribution in [3.05, 3.63) is 35.9 Å². The number of nitrogens with zero attached hydrogens (tertiary/aromatic N) is 1. The maximum absolute atomic E-state index is 5.61. The Labute approximate surface area is 110 Å². The molecule has 1 heterocycles. The number of hydroxylamine groups is 1. The van der Waals surface area contributed by atoms with E-state index in [-0.39, 0.29) is 0 Å². The molecule has 1 saturated heterocycles. The van der Waals surface area contributed by atoms with Gasteiger partial charge in [-0.2, -0.15) is 5.48 Å². The van der Waals surface area contributed by atoms with Crippen molar-refractivity contribution in [1.29, 1.82) is 0 Å². The standard InChI is InChI=1S/C15H24N2O/c1-2-10-17-11-6-9-15(12-17)16-18-13-14-7-4-3-5-8-14/h3-5,7-8,15-16H,2,6,9-13H2,1H3. The van der Waals surface area contributed by atoms with Crippen LogP contribution < -0.4 is 5.48 Å². The zero-order chi connectivity index (χ0) is 12.6. The number of benzene rings is 1. The summed E-state index contributed by atoms with van der Waals surface area (Å²) in [5, 5.41) is 0. The lowest BCUT2D eigenvalue weighted by atomic mass is 10.1. The highest BCUT2D eigenvalue weighted by Gasteiger charge is 2.18. The number of likely N-dealkylation sites (tertiary alicyclic amines) is 1.